The van der Waals surface area contributed by atoms with Crippen LogP contribution in [-0.4, -0.2) is 34.1 Å². The van der Waals surface area contributed by atoms with Crippen molar-refractivity contribution in [1.82, 2.24) is 15.3 Å². The van der Waals surface area contributed by atoms with Gasteiger partial charge >= 0.3 is 0 Å². The van der Waals surface area contributed by atoms with Crippen LogP contribution in [0.2, 0.25) is 0 Å². The van der Waals surface area contributed by atoms with Gasteiger partial charge < -0.3 is 15.7 Å². The Hall–Kier alpha value is -3.29. The molecule has 0 aliphatic rings. The predicted molar refractivity (Wildman–Crippen MR) is 142 cm³/mol. The maximum Gasteiger partial charge on any atom is 0.255 e. The Balaban J connectivity index is 0.00000258. The average Bonchev–Trinajstić information content (AvgIpc) is 2.83. The number of allylic oxidation sites excluding steroid dienone is 5. The highest BCUT2D eigenvalue weighted by Crippen LogP contribution is 2.32. The van der Waals surface area contributed by atoms with Crippen molar-refractivity contribution in [1.29, 1.82) is 0 Å². The van der Waals surface area contributed by atoms with Gasteiger partial charge in [0.2, 0.25) is 0 Å². The van der Waals surface area contributed by atoms with E-state index in [1.54, 1.807) is 25.3 Å². The van der Waals surface area contributed by atoms with Crippen molar-refractivity contribution < 1.29 is 14.3 Å². The summed E-state index contributed by atoms with van der Waals surface area (Å²) in [6.45, 7) is 20.5. The number of aromatic nitrogens is 2. The molecule has 0 saturated heterocycles. The highest BCUT2D eigenvalue weighted by atomic mass is 35.5. The molecule has 0 bridgehead atoms. The van der Waals surface area contributed by atoms with Gasteiger partial charge in [-0.25, -0.2) is 4.39 Å². The number of aliphatic hydroxyl groups is 1. The second-order valence-electron chi connectivity index (χ2n) is 6.33. The summed E-state index contributed by atoms with van der Waals surface area (Å²) in [5.41, 5.74) is 3.03. The van der Waals surface area contributed by atoms with Gasteiger partial charge in [-0.2, -0.15) is 0 Å². The van der Waals surface area contributed by atoms with Crippen molar-refractivity contribution in [3.8, 4) is 0 Å². The molecule has 8 heteroatoms. The fraction of sp³-hybridized carbons (Fsp3) is 0.269. The van der Waals surface area contributed by atoms with E-state index in [0.717, 1.165) is 0 Å². The van der Waals surface area contributed by atoms with Crippen LogP contribution in [0, 0.1) is 0 Å². The Morgan fingerprint density at radius 1 is 1.15 bits per heavy atom. The van der Waals surface area contributed by atoms with Crippen LogP contribution < -0.4 is 10.6 Å². The third-order valence-electron chi connectivity index (χ3n) is 3.97. The molecule has 2 aromatic heterocycles. The van der Waals surface area contributed by atoms with Crippen LogP contribution in [-0.2, 0) is 0 Å². The monoisotopic (exact) mass is 488 g/mol. The van der Waals surface area contributed by atoms with E-state index in [4.69, 9.17) is 16.7 Å². The Morgan fingerprint density at radius 2 is 1.79 bits per heavy atom. The first-order valence-corrected chi connectivity index (χ1v) is 11.3. The van der Waals surface area contributed by atoms with Crippen molar-refractivity contribution in [2.24, 2.45) is 0 Å². The SMILES string of the molecule is C=C(Cl)/C=C(\C(=C)F)c1cc(Nc2ccncc2C(=O)NCCO)c(C(=C)C)cn1.CC.CC. The highest BCUT2D eigenvalue weighted by Gasteiger charge is 2.16. The first kappa shape index (κ1) is 30.7. The zero-order chi connectivity index (χ0) is 26.3. The Labute approximate surface area is 207 Å². The number of hydrogen-bond donors (Lipinski definition) is 3. The second kappa shape index (κ2) is 16.3. The van der Waals surface area contributed by atoms with Gasteiger partial charge in [0.05, 0.1) is 23.6 Å². The van der Waals surface area contributed by atoms with Crippen molar-refractivity contribution >= 4 is 40.0 Å². The fourth-order valence-electron chi connectivity index (χ4n) is 2.59. The molecule has 34 heavy (non-hydrogen) atoms. The second-order valence-corrected chi connectivity index (χ2v) is 6.82. The van der Waals surface area contributed by atoms with Crippen LogP contribution in [0.15, 0.2) is 67.4 Å². The molecule has 6 nitrogen and oxygen atoms in total. The van der Waals surface area contributed by atoms with Crippen molar-refractivity contribution in [3.63, 3.8) is 0 Å². The van der Waals surface area contributed by atoms with Crippen molar-refractivity contribution in [2.45, 2.75) is 34.6 Å². The molecule has 0 fully saturated rings. The average molecular weight is 489 g/mol. The van der Waals surface area contributed by atoms with E-state index in [0.29, 0.717) is 22.5 Å². The van der Waals surface area contributed by atoms with Crippen molar-refractivity contribution in [2.75, 3.05) is 18.5 Å². The van der Waals surface area contributed by atoms with Crippen LogP contribution in [0.4, 0.5) is 15.8 Å². The molecule has 3 N–H and O–H groups in total. The maximum absolute atomic E-state index is 14.0. The third-order valence-corrected chi connectivity index (χ3v) is 4.07. The van der Waals surface area contributed by atoms with Gasteiger partial charge in [-0.1, -0.05) is 59.0 Å². The van der Waals surface area contributed by atoms with Crippen LogP contribution >= 0.6 is 11.6 Å². The van der Waals surface area contributed by atoms with Gasteiger partial charge in [0.25, 0.3) is 5.91 Å². The van der Waals surface area contributed by atoms with Gasteiger partial charge in [0, 0.05) is 47.0 Å². The molecular weight excluding hydrogens is 455 g/mol. The van der Waals surface area contributed by atoms with E-state index < -0.39 is 11.7 Å². The number of carbonyl (C=O) groups is 1. The topological polar surface area (TPSA) is 87.1 Å². The predicted octanol–water partition coefficient (Wildman–Crippen LogP) is 6.65. The molecule has 184 valence electrons. The van der Waals surface area contributed by atoms with Gasteiger partial charge in [-0.15, -0.1) is 0 Å². The maximum atomic E-state index is 14.0. The zero-order valence-corrected chi connectivity index (χ0v) is 21.3. The number of pyridine rings is 2. The van der Waals surface area contributed by atoms with Crippen molar-refractivity contribution in [3.05, 3.63) is 84.2 Å². The Bertz CT molecular complexity index is 1040. The summed E-state index contributed by atoms with van der Waals surface area (Å²) in [6, 6.07) is 3.23. The van der Waals surface area contributed by atoms with Crippen LogP contribution in [0.25, 0.3) is 11.1 Å². The summed E-state index contributed by atoms with van der Waals surface area (Å²) < 4.78 is 14.0. The lowest BCUT2D eigenvalue weighted by Gasteiger charge is -2.16. The molecule has 2 rings (SSSR count). The summed E-state index contributed by atoms with van der Waals surface area (Å²) in [5.74, 6) is -1.12. The number of hydrogen-bond acceptors (Lipinski definition) is 5. The van der Waals surface area contributed by atoms with Crippen LogP contribution in [0.5, 0.6) is 0 Å². The number of nitrogens with zero attached hydrogens (tertiary/aromatic N) is 2. The van der Waals surface area contributed by atoms with E-state index in [9.17, 15) is 9.18 Å². The number of carbonyl (C=O) groups excluding carboxylic acids is 1. The standard InChI is InChI=1S/C22H22ClFN4O2.2C2H6/c1-13(2)17-12-27-20(16(15(4)24)9-14(3)23)10-21(17)28-19-5-6-25-11-18(19)22(30)26-7-8-29;2*1-2/h5-6,9-12,29H,1,3-4,7-8H2,2H3,(H,26,30)(H,25,27,28);2*1-2H3/b16-9+;;. The quantitative estimate of drug-likeness (QED) is 0.344. The van der Waals surface area contributed by atoms with Gasteiger partial charge in [-0.3, -0.25) is 14.8 Å². The minimum Gasteiger partial charge on any atom is -0.395 e. The van der Waals surface area contributed by atoms with Crippen LogP contribution in [0.3, 0.4) is 0 Å². The first-order valence-electron chi connectivity index (χ1n) is 10.9. The molecule has 0 aliphatic carbocycles. The van der Waals surface area contributed by atoms with Crippen LogP contribution in [0.1, 0.15) is 56.2 Å². The molecule has 0 unspecified atom stereocenters. The molecule has 0 aliphatic heterocycles. The first-order chi connectivity index (χ1) is 16.2. The number of halogens is 2. The lowest BCUT2D eigenvalue weighted by Crippen LogP contribution is -2.27. The van der Waals surface area contributed by atoms with Gasteiger partial charge in [0.1, 0.15) is 5.83 Å². The number of amides is 1. The molecule has 0 aromatic carbocycles. The number of nitrogens with one attached hydrogen (secondary N) is 2. The van der Waals surface area contributed by atoms with E-state index in [1.165, 1.54) is 18.5 Å². The molecule has 0 atom stereocenters. The normalized spacial score (nSPS) is 10.1. The van der Waals surface area contributed by atoms with E-state index in [-0.39, 0.29) is 35.0 Å². The summed E-state index contributed by atoms with van der Waals surface area (Å²) in [6.07, 6.45) is 5.81. The minimum absolute atomic E-state index is 0.0851. The zero-order valence-electron chi connectivity index (χ0n) is 20.5. The van der Waals surface area contributed by atoms with E-state index in [2.05, 4.69) is 40.3 Å². The Kier molecular flexibility index (Phi) is 14.8. The molecule has 0 radical (unpaired) electrons. The molecule has 0 spiro atoms. The number of aliphatic hydroxyl groups excluding tert-OH is 1. The smallest absolute Gasteiger partial charge is 0.255 e. The lowest BCUT2D eigenvalue weighted by molar-refractivity contribution is 0.0945. The largest absolute Gasteiger partial charge is 0.395 e. The van der Waals surface area contributed by atoms with Gasteiger partial charge in [-0.05, 0) is 30.7 Å². The molecule has 1 amide bonds. The number of anilines is 2. The molecular formula is C26H34ClFN4O2. The van der Waals surface area contributed by atoms with E-state index >= 15 is 0 Å². The summed E-state index contributed by atoms with van der Waals surface area (Å²) >= 11 is 5.81. The highest BCUT2D eigenvalue weighted by molar-refractivity contribution is 6.31. The fourth-order valence-corrected chi connectivity index (χ4v) is 2.70. The summed E-state index contributed by atoms with van der Waals surface area (Å²) in [5, 5.41) is 14.8. The molecule has 2 heterocycles. The molecule has 2 aromatic rings. The lowest BCUT2D eigenvalue weighted by atomic mass is 10.0. The molecule has 0 saturated carbocycles. The number of rotatable bonds is 9. The van der Waals surface area contributed by atoms with E-state index in [1.807, 2.05) is 27.7 Å². The minimum atomic E-state index is -0.716. The summed E-state index contributed by atoms with van der Waals surface area (Å²) in [4.78, 5) is 20.7. The third kappa shape index (κ3) is 9.29. The summed E-state index contributed by atoms with van der Waals surface area (Å²) in [7, 11) is 0. The Morgan fingerprint density at radius 3 is 2.32 bits per heavy atom. The van der Waals surface area contributed by atoms with Gasteiger partial charge in [0.15, 0.2) is 0 Å².